The van der Waals surface area contributed by atoms with Crippen LogP contribution in [-0.2, 0) is 16.0 Å². The third kappa shape index (κ3) is 4.43. The molecule has 0 N–H and O–H groups in total. The van der Waals surface area contributed by atoms with E-state index in [9.17, 15) is 9.18 Å². The summed E-state index contributed by atoms with van der Waals surface area (Å²) in [5.41, 5.74) is 1.01. The molecule has 0 unspecified atom stereocenters. The predicted octanol–water partition coefficient (Wildman–Crippen LogP) is 2.72. The molecule has 3 nitrogen and oxygen atoms in total. The Hall–Kier alpha value is -1.58. The van der Waals surface area contributed by atoms with Gasteiger partial charge in [0.1, 0.15) is 0 Å². The molecule has 0 aliphatic heterocycles. The number of halogens is 1. The first-order chi connectivity index (χ1) is 8.17. The topological polar surface area (TPSA) is 35.5 Å². The van der Waals surface area contributed by atoms with E-state index < -0.39 is 11.8 Å². The maximum Gasteiger partial charge on any atom is 0.343 e. The highest BCUT2D eigenvalue weighted by Gasteiger charge is 2.07. The molecule has 0 aliphatic carbocycles. The van der Waals surface area contributed by atoms with Crippen LogP contribution in [0, 0.1) is 5.82 Å². The molecule has 0 aliphatic rings. The van der Waals surface area contributed by atoms with E-state index >= 15 is 0 Å². The van der Waals surface area contributed by atoms with Crippen molar-refractivity contribution in [3.8, 4) is 5.75 Å². The minimum Gasteiger partial charge on any atom is -0.479 e. The molecule has 0 radical (unpaired) electrons. The van der Waals surface area contributed by atoms with Crippen molar-refractivity contribution in [1.29, 1.82) is 0 Å². The van der Waals surface area contributed by atoms with Crippen LogP contribution < -0.4 is 4.74 Å². The smallest absolute Gasteiger partial charge is 0.343 e. The Labute approximate surface area is 101 Å². The number of ether oxygens (including phenoxy) is 2. The maximum atomic E-state index is 13.4. The number of hydrogen-bond donors (Lipinski definition) is 0. The zero-order chi connectivity index (χ0) is 12.7. The number of carbonyl (C=O) groups is 1. The van der Waals surface area contributed by atoms with Gasteiger partial charge in [0.25, 0.3) is 0 Å². The third-order valence-corrected chi connectivity index (χ3v) is 2.39. The lowest BCUT2D eigenvalue weighted by atomic mass is 10.1. The number of esters is 1. The zero-order valence-electron chi connectivity index (χ0n) is 10.2. The summed E-state index contributed by atoms with van der Waals surface area (Å²) in [6, 6.07) is 4.72. The lowest BCUT2D eigenvalue weighted by molar-refractivity contribution is -0.142. The monoisotopic (exact) mass is 240 g/mol. The highest BCUT2D eigenvalue weighted by atomic mass is 19.1. The Morgan fingerprint density at radius 2 is 2.18 bits per heavy atom. The van der Waals surface area contributed by atoms with Crippen LogP contribution in [0.4, 0.5) is 4.39 Å². The van der Waals surface area contributed by atoms with E-state index in [2.05, 4.69) is 11.7 Å². The van der Waals surface area contributed by atoms with Gasteiger partial charge >= 0.3 is 5.97 Å². The van der Waals surface area contributed by atoms with Gasteiger partial charge in [-0.1, -0.05) is 19.4 Å². The molecule has 0 heterocycles. The fourth-order valence-electron chi connectivity index (χ4n) is 1.39. The van der Waals surface area contributed by atoms with Crippen LogP contribution in [0.2, 0.25) is 0 Å². The van der Waals surface area contributed by atoms with Gasteiger partial charge in [0, 0.05) is 0 Å². The van der Waals surface area contributed by atoms with Crippen molar-refractivity contribution in [3.63, 3.8) is 0 Å². The molecule has 0 aromatic heterocycles. The lowest BCUT2D eigenvalue weighted by Gasteiger charge is -2.08. The summed E-state index contributed by atoms with van der Waals surface area (Å²) in [6.45, 7) is 1.82. The van der Waals surface area contributed by atoms with Crippen LogP contribution in [-0.4, -0.2) is 19.7 Å². The lowest BCUT2D eigenvalue weighted by Crippen LogP contribution is -2.13. The molecule has 1 rings (SSSR count). The van der Waals surface area contributed by atoms with Crippen LogP contribution in [0.5, 0.6) is 5.75 Å². The zero-order valence-corrected chi connectivity index (χ0v) is 10.2. The van der Waals surface area contributed by atoms with Crippen LogP contribution in [0.1, 0.15) is 25.3 Å². The van der Waals surface area contributed by atoms with Gasteiger partial charge in [0.15, 0.2) is 18.2 Å². The molecule has 17 heavy (non-hydrogen) atoms. The third-order valence-electron chi connectivity index (χ3n) is 2.39. The molecule has 0 amide bonds. The van der Waals surface area contributed by atoms with E-state index in [-0.39, 0.29) is 12.4 Å². The first kappa shape index (κ1) is 13.5. The molecule has 0 bridgehead atoms. The summed E-state index contributed by atoms with van der Waals surface area (Å²) in [7, 11) is 1.26. The van der Waals surface area contributed by atoms with Gasteiger partial charge in [0.2, 0.25) is 0 Å². The Morgan fingerprint density at radius 3 is 2.82 bits per heavy atom. The molecular weight excluding hydrogens is 223 g/mol. The quantitative estimate of drug-likeness (QED) is 0.717. The number of methoxy groups -OCH3 is 1. The minimum atomic E-state index is -0.525. The molecule has 0 saturated carbocycles. The number of benzene rings is 1. The first-order valence-corrected chi connectivity index (χ1v) is 5.65. The number of hydrogen-bond acceptors (Lipinski definition) is 3. The summed E-state index contributed by atoms with van der Waals surface area (Å²) in [5.74, 6) is -0.887. The van der Waals surface area contributed by atoms with Crippen molar-refractivity contribution in [2.75, 3.05) is 13.7 Å². The predicted molar refractivity (Wildman–Crippen MR) is 62.5 cm³/mol. The number of carbonyl (C=O) groups excluding carboxylic acids is 1. The molecule has 94 valence electrons. The van der Waals surface area contributed by atoms with E-state index in [0.29, 0.717) is 0 Å². The van der Waals surface area contributed by atoms with Crippen molar-refractivity contribution >= 4 is 5.97 Å². The van der Waals surface area contributed by atoms with Crippen molar-refractivity contribution in [2.24, 2.45) is 0 Å². The van der Waals surface area contributed by atoms with Gasteiger partial charge in [-0.3, -0.25) is 0 Å². The van der Waals surface area contributed by atoms with Gasteiger partial charge in [-0.05, 0) is 30.5 Å². The van der Waals surface area contributed by atoms with Crippen LogP contribution in [0.25, 0.3) is 0 Å². The van der Waals surface area contributed by atoms with E-state index in [1.807, 2.05) is 0 Å². The van der Waals surface area contributed by atoms with Crippen LogP contribution in [0.15, 0.2) is 18.2 Å². The van der Waals surface area contributed by atoms with Crippen molar-refractivity contribution < 1.29 is 18.7 Å². The minimum absolute atomic E-state index is 0.101. The number of rotatable bonds is 6. The highest BCUT2D eigenvalue weighted by Crippen LogP contribution is 2.20. The van der Waals surface area contributed by atoms with Crippen molar-refractivity contribution in [2.45, 2.75) is 26.2 Å². The number of aryl methyl sites for hydroxylation is 1. The van der Waals surface area contributed by atoms with Crippen LogP contribution >= 0.6 is 0 Å². The van der Waals surface area contributed by atoms with Crippen molar-refractivity contribution in [3.05, 3.63) is 29.6 Å². The van der Waals surface area contributed by atoms with E-state index in [1.54, 1.807) is 12.1 Å². The van der Waals surface area contributed by atoms with Gasteiger partial charge in [-0.15, -0.1) is 0 Å². The van der Waals surface area contributed by atoms with E-state index in [1.165, 1.54) is 13.2 Å². The van der Waals surface area contributed by atoms with E-state index in [0.717, 1.165) is 24.8 Å². The fourth-order valence-corrected chi connectivity index (χ4v) is 1.39. The molecule has 0 saturated heterocycles. The van der Waals surface area contributed by atoms with E-state index in [4.69, 9.17) is 4.74 Å². The average molecular weight is 240 g/mol. The maximum absolute atomic E-state index is 13.4. The second-order valence-corrected chi connectivity index (χ2v) is 3.73. The molecule has 1 aromatic carbocycles. The van der Waals surface area contributed by atoms with Crippen LogP contribution in [0.3, 0.4) is 0 Å². The molecule has 1 aromatic rings. The Kier molecular flexibility index (Phi) is 5.46. The fraction of sp³-hybridized carbons (Fsp3) is 0.462. The Bertz CT molecular complexity index is 377. The first-order valence-electron chi connectivity index (χ1n) is 5.65. The van der Waals surface area contributed by atoms with Gasteiger partial charge in [0.05, 0.1) is 7.11 Å². The Morgan fingerprint density at radius 1 is 1.41 bits per heavy atom. The number of unbranched alkanes of at least 4 members (excludes halogenated alkanes) is 1. The van der Waals surface area contributed by atoms with Crippen molar-refractivity contribution in [1.82, 2.24) is 0 Å². The van der Waals surface area contributed by atoms with Gasteiger partial charge in [-0.2, -0.15) is 0 Å². The molecule has 4 heteroatoms. The summed E-state index contributed by atoms with van der Waals surface area (Å²) in [4.78, 5) is 10.9. The summed E-state index contributed by atoms with van der Waals surface area (Å²) >= 11 is 0. The molecule has 0 spiro atoms. The standard InChI is InChI=1S/C13H17FO3/c1-3-4-5-10-6-7-11(14)12(8-10)17-9-13(15)16-2/h6-8H,3-5,9H2,1-2H3. The SMILES string of the molecule is CCCCc1ccc(F)c(OCC(=O)OC)c1. The highest BCUT2D eigenvalue weighted by molar-refractivity contribution is 5.70. The average Bonchev–Trinajstić information content (AvgIpc) is 2.35. The van der Waals surface area contributed by atoms with Gasteiger partial charge < -0.3 is 9.47 Å². The second-order valence-electron chi connectivity index (χ2n) is 3.73. The largest absolute Gasteiger partial charge is 0.479 e. The summed E-state index contributed by atoms with van der Waals surface area (Å²) in [6.07, 6.45) is 3.00. The normalized spacial score (nSPS) is 10.1. The Balaban J connectivity index is 2.65. The van der Waals surface area contributed by atoms with Gasteiger partial charge in [-0.25, -0.2) is 9.18 Å². The molecule has 0 atom stereocenters. The molecular formula is C13H17FO3. The summed E-state index contributed by atoms with van der Waals surface area (Å²) in [5, 5.41) is 0. The second kappa shape index (κ2) is 6.89. The summed E-state index contributed by atoms with van der Waals surface area (Å²) < 4.78 is 22.9. The molecule has 0 fully saturated rings.